The molecule has 2 aromatic rings. The number of hydrogen-bond acceptors (Lipinski definition) is 3. The third-order valence-corrected chi connectivity index (χ3v) is 4.20. The second-order valence-electron chi connectivity index (χ2n) is 6.02. The molecule has 0 unspecified atom stereocenters. The van der Waals surface area contributed by atoms with Crippen molar-refractivity contribution in [2.24, 2.45) is 0 Å². The first-order chi connectivity index (χ1) is 10.2. The lowest BCUT2D eigenvalue weighted by molar-refractivity contribution is 0.463. The van der Waals surface area contributed by atoms with Gasteiger partial charge in [-0.15, -0.1) is 0 Å². The summed E-state index contributed by atoms with van der Waals surface area (Å²) in [5.41, 5.74) is 3.45. The molecular weight excluding hydrogens is 260 g/mol. The number of aromatic nitrogens is 2. The molecule has 0 amide bonds. The molecule has 1 fully saturated rings. The monoisotopic (exact) mass is 284 g/mol. The predicted octanol–water partition coefficient (Wildman–Crippen LogP) is 3.68. The summed E-state index contributed by atoms with van der Waals surface area (Å²) in [4.78, 5) is 2.11. The van der Waals surface area contributed by atoms with Gasteiger partial charge in [-0.2, -0.15) is 5.10 Å². The van der Waals surface area contributed by atoms with Crippen molar-refractivity contribution in [3.63, 3.8) is 0 Å². The summed E-state index contributed by atoms with van der Waals surface area (Å²) in [6, 6.07) is 11.2. The Balaban J connectivity index is 1.61. The van der Waals surface area contributed by atoms with E-state index in [1.165, 1.54) is 31.4 Å². The SMILES string of the molecule is CN(C)c1cccc(NCc2ccn(C3CCCC3)n2)c1. The van der Waals surface area contributed by atoms with Crippen molar-refractivity contribution in [1.82, 2.24) is 9.78 Å². The fourth-order valence-electron chi connectivity index (χ4n) is 2.93. The smallest absolute Gasteiger partial charge is 0.0815 e. The Kier molecular flexibility index (Phi) is 4.13. The predicted molar refractivity (Wildman–Crippen MR) is 87.8 cm³/mol. The van der Waals surface area contributed by atoms with Gasteiger partial charge in [-0.05, 0) is 37.1 Å². The van der Waals surface area contributed by atoms with Crippen LogP contribution in [0.2, 0.25) is 0 Å². The molecule has 1 aliphatic carbocycles. The first kappa shape index (κ1) is 14.0. The minimum atomic E-state index is 0.621. The molecule has 1 aromatic carbocycles. The van der Waals surface area contributed by atoms with E-state index in [0.29, 0.717) is 6.04 Å². The van der Waals surface area contributed by atoms with Gasteiger partial charge in [0, 0.05) is 31.7 Å². The lowest BCUT2D eigenvalue weighted by Gasteiger charge is -2.14. The standard InChI is InChI=1S/C17H24N4/c1-20(2)17-9-5-6-14(12-17)18-13-15-10-11-21(19-15)16-7-3-4-8-16/h5-6,9-12,16,18H,3-4,7-8,13H2,1-2H3. The molecule has 0 bridgehead atoms. The van der Waals surface area contributed by atoms with Crippen molar-refractivity contribution in [2.45, 2.75) is 38.3 Å². The molecular formula is C17H24N4. The Labute approximate surface area is 126 Å². The maximum atomic E-state index is 4.71. The van der Waals surface area contributed by atoms with Gasteiger partial charge in [0.25, 0.3) is 0 Å². The van der Waals surface area contributed by atoms with Crippen molar-refractivity contribution in [3.05, 3.63) is 42.2 Å². The minimum absolute atomic E-state index is 0.621. The Morgan fingerprint density at radius 2 is 2.05 bits per heavy atom. The van der Waals surface area contributed by atoms with E-state index in [2.05, 4.69) is 65.5 Å². The molecule has 112 valence electrons. The van der Waals surface area contributed by atoms with E-state index in [0.717, 1.165) is 17.9 Å². The minimum Gasteiger partial charge on any atom is -0.379 e. The van der Waals surface area contributed by atoms with Gasteiger partial charge in [0.05, 0.1) is 18.3 Å². The van der Waals surface area contributed by atoms with E-state index in [1.54, 1.807) is 0 Å². The molecule has 0 atom stereocenters. The van der Waals surface area contributed by atoms with Gasteiger partial charge in [0.1, 0.15) is 0 Å². The second kappa shape index (κ2) is 6.20. The second-order valence-corrected chi connectivity index (χ2v) is 6.02. The Hall–Kier alpha value is -1.97. The molecule has 0 radical (unpaired) electrons. The highest BCUT2D eigenvalue weighted by Gasteiger charge is 2.17. The summed E-state index contributed by atoms with van der Waals surface area (Å²) in [6.45, 7) is 0.774. The van der Waals surface area contributed by atoms with Crippen LogP contribution in [0, 0.1) is 0 Å². The number of nitrogens with zero attached hydrogens (tertiary/aromatic N) is 3. The lowest BCUT2D eigenvalue weighted by atomic mass is 10.2. The molecule has 0 aliphatic heterocycles. The van der Waals surface area contributed by atoms with Crippen molar-refractivity contribution in [2.75, 3.05) is 24.3 Å². The van der Waals surface area contributed by atoms with Crippen LogP contribution in [-0.2, 0) is 6.54 Å². The van der Waals surface area contributed by atoms with Crippen LogP contribution in [0.1, 0.15) is 37.4 Å². The fraction of sp³-hybridized carbons (Fsp3) is 0.471. The zero-order chi connectivity index (χ0) is 14.7. The fourth-order valence-corrected chi connectivity index (χ4v) is 2.93. The zero-order valence-electron chi connectivity index (χ0n) is 12.9. The summed E-state index contributed by atoms with van der Waals surface area (Å²) < 4.78 is 2.15. The van der Waals surface area contributed by atoms with Crippen molar-refractivity contribution in [3.8, 4) is 0 Å². The summed E-state index contributed by atoms with van der Waals surface area (Å²) >= 11 is 0. The van der Waals surface area contributed by atoms with Crippen LogP contribution in [0.25, 0.3) is 0 Å². The highest BCUT2D eigenvalue weighted by molar-refractivity contribution is 5.57. The molecule has 1 aromatic heterocycles. The lowest BCUT2D eigenvalue weighted by Crippen LogP contribution is -2.09. The van der Waals surface area contributed by atoms with E-state index >= 15 is 0 Å². The van der Waals surface area contributed by atoms with Gasteiger partial charge in [-0.1, -0.05) is 18.9 Å². The topological polar surface area (TPSA) is 33.1 Å². The van der Waals surface area contributed by atoms with Gasteiger partial charge < -0.3 is 10.2 Å². The molecule has 1 heterocycles. The Morgan fingerprint density at radius 3 is 2.81 bits per heavy atom. The third-order valence-electron chi connectivity index (χ3n) is 4.20. The van der Waals surface area contributed by atoms with Gasteiger partial charge in [-0.25, -0.2) is 0 Å². The number of hydrogen-bond donors (Lipinski definition) is 1. The van der Waals surface area contributed by atoms with Crippen LogP contribution in [-0.4, -0.2) is 23.9 Å². The van der Waals surface area contributed by atoms with Gasteiger partial charge in [-0.3, -0.25) is 4.68 Å². The number of nitrogens with one attached hydrogen (secondary N) is 1. The molecule has 1 aliphatic rings. The molecule has 0 spiro atoms. The van der Waals surface area contributed by atoms with Crippen LogP contribution in [0.15, 0.2) is 36.5 Å². The van der Waals surface area contributed by atoms with Crippen molar-refractivity contribution >= 4 is 11.4 Å². The molecule has 1 saturated carbocycles. The summed E-state index contributed by atoms with van der Waals surface area (Å²) in [7, 11) is 4.12. The average Bonchev–Trinajstić information content (AvgIpc) is 3.16. The van der Waals surface area contributed by atoms with E-state index in [-0.39, 0.29) is 0 Å². The summed E-state index contributed by atoms with van der Waals surface area (Å²) in [6.07, 6.45) is 7.37. The van der Waals surface area contributed by atoms with Crippen molar-refractivity contribution < 1.29 is 0 Å². The van der Waals surface area contributed by atoms with E-state index in [9.17, 15) is 0 Å². The highest BCUT2D eigenvalue weighted by atomic mass is 15.3. The van der Waals surface area contributed by atoms with E-state index in [4.69, 9.17) is 5.10 Å². The van der Waals surface area contributed by atoms with E-state index < -0.39 is 0 Å². The van der Waals surface area contributed by atoms with E-state index in [1.807, 2.05) is 0 Å². The van der Waals surface area contributed by atoms with Gasteiger partial charge in [0.2, 0.25) is 0 Å². The average molecular weight is 284 g/mol. The molecule has 4 nitrogen and oxygen atoms in total. The van der Waals surface area contributed by atoms with Gasteiger partial charge >= 0.3 is 0 Å². The number of anilines is 2. The van der Waals surface area contributed by atoms with Gasteiger partial charge in [0.15, 0.2) is 0 Å². The summed E-state index contributed by atoms with van der Waals surface area (Å²) in [5.74, 6) is 0. The van der Waals surface area contributed by atoms with Crippen molar-refractivity contribution in [1.29, 1.82) is 0 Å². The largest absolute Gasteiger partial charge is 0.379 e. The maximum Gasteiger partial charge on any atom is 0.0815 e. The zero-order valence-corrected chi connectivity index (χ0v) is 12.9. The number of benzene rings is 1. The molecule has 1 N–H and O–H groups in total. The van der Waals surface area contributed by atoms with Crippen LogP contribution < -0.4 is 10.2 Å². The molecule has 4 heteroatoms. The van der Waals surface area contributed by atoms with Crippen LogP contribution in [0.4, 0.5) is 11.4 Å². The maximum absolute atomic E-state index is 4.71. The summed E-state index contributed by atoms with van der Waals surface area (Å²) in [5, 5.41) is 8.17. The highest BCUT2D eigenvalue weighted by Crippen LogP contribution is 2.28. The first-order valence-electron chi connectivity index (χ1n) is 7.78. The van der Waals surface area contributed by atoms with Crippen LogP contribution in [0.3, 0.4) is 0 Å². The third kappa shape index (κ3) is 3.38. The van der Waals surface area contributed by atoms with Crippen LogP contribution >= 0.6 is 0 Å². The Morgan fingerprint density at radius 1 is 1.24 bits per heavy atom. The van der Waals surface area contributed by atoms with Crippen LogP contribution in [0.5, 0.6) is 0 Å². The quantitative estimate of drug-likeness (QED) is 0.909. The first-order valence-corrected chi connectivity index (χ1v) is 7.78. The Bertz CT molecular complexity index is 582. The molecule has 21 heavy (non-hydrogen) atoms. The number of rotatable bonds is 5. The molecule has 3 rings (SSSR count). The molecule has 0 saturated heterocycles. The normalized spacial score (nSPS) is 15.3.